The highest BCUT2D eigenvalue weighted by molar-refractivity contribution is 6.22. The van der Waals surface area contributed by atoms with E-state index < -0.39 is 290 Å². The van der Waals surface area contributed by atoms with E-state index in [0.29, 0.717) is 0 Å². The molecule has 0 bridgehead atoms. The molecule has 51 heavy (non-hydrogen) atoms. The van der Waals surface area contributed by atoms with Gasteiger partial charge in [0.1, 0.15) is 11.2 Å². The molecule has 1 heterocycles. The van der Waals surface area contributed by atoms with Crippen LogP contribution < -0.4 is 0 Å². The van der Waals surface area contributed by atoms with Crippen molar-refractivity contribution < 1.29 is 45.5 Å². The molecule has 0 aliphatic carbocycles. The Balaban J connectivity index is 1.32. The average Bonchev–Trinajstić information content (AvgIpc) is 2.25. The zero-order chi connectivity index (χ0) is 59.6. The number of rotatable bonds is 3. The summed E-state index contributed by atoms with van der Waals surface area (Å²) in [5.74, 6) is 0. The van der Waals surface area contributed by atoms with Crippen LogP contribution in [0.5, 0.6) is 0 Å². The molecule has 1 aromatic heterocycles. The molecule has 0 saturated heterocycles. The quantitative estimate of drug-likeness (QED) is 0.134. The number of furan rings is 1. The first-order valence-electron chi connectivity index (χ1n) is 30.2. The standard InChI is InChI=1S/C50H30O/c1-2-11-35-30-48-46(28-34(35)10-1)45-29-36(24-26-47(45)51-48)31-17-20-33(21-18-31)49-41-13-5-7-15-43(41)50(44-16-8-6-14-42(44)49)38-23-25-40-37(27-38)22-19-32-9-3-4-12-39(32)40/h1-30H/i1D,2D,3D,4D,5D,6D,7D,8D,9D,10D,11D,12D,13D,14D,15D,16D,17D,18D,19D,20D,21D,22D,23D,24D,25D,26D,27D,28D,29D,30D. The lowest BCUT2D eigenvalue weighted by Gasteiger charge is -2.18. The highest BCUT2D eigenvalue weighted by atomic mass is 16.3. The van der Waals surface area contributed by atoms with E-state index in [-0.39, 0.29) is 0 Å². The van der Waals surface area contributed by atoms with Gasteiger partial charge in [-0.1, -0.05) is 151 Å². The molecule has 0 spiro atoms. The zero-order valence-electron chi connectivity index (χ0n) is 55.4. The maximum atomic E-state index is 9.72. The van der Waals surface area contributed by atoms with Crippen molar-refractivity contribution in [1.29, 1.82) is 0 Å². The largest absolute Gasteiger partial charge is 0.456 e. The van der Waals surface area contributed by atoms with Crippen LogP contribution in [0.25, 0.3) is 109 Å². The van der Waals surface area contributed by atoms with Gasteiger partial charge in [0.2, 0.25) is 0 Å². The number of hydrogen-bond acceptors (Lipinski definition) is 1. The van der Waals surface area contributed by atoms with Gasteiger partial charge in [-0.2, -0.15) is 0 Å². The van der Waals surface area contributed by atoms with Gasteiger partial charge in [-0.05, 0) is 117 Å². The topological polar surface area (TPSA) is 13.1 Å². The molecule has 0 saturated carbocycles. The lowest BCUT2D eigenvalue weighted by molar-refractivity contribution is 0.669. The van der Waals surface area contributed by atoms with Crippen LogP contribution in [-0.2, 0) is 0 Å². The smallest absolute Gasteiger partial charge is 0.136 e. The van der Waals surface area contributed by atoms with E-state index in [1.54, 1.807) is 0 Å². The third-order valence-corrected chi connectivity index (χ3v) is 8.45. The van der Waals surface area contributed by atoms with Crippen molar-refractivity contribution in [2.45, 2.75) is 0 Å². The second-order valence-corrected chi connectivity index (χ2v) is 11.3. The van der Waals surface area contributed by atoms with E-state index in [1.165, 1.54) is 0 Å². The number of fused-ring (bicyclic) bond motifs is 9. The Hall–Kier alpha value is -6.70. The molecular formula is C50H30O. The Morgan fingerprint density at radius 2 is 0.765 bits per heavy atom. The Kier molecular flexibility index (Phi) is 2.50. The van der Waals surface area contributed by atoms with Crippen LogP contribution in [0.2, 0.25) is 0 Å². The van der Waals surface area contributed by atoms with Crippen molar-refractivity contribution in [3.8, 4) is 33.4 Å². The molecule has 0 N–H and O–H groups in total. The van der Waals surface area contributed by atoms with E-state index >= 15 is 0 Å². The molecule has 236 valence electrons. The van der Waals surface area contributed by atoms with Crippen LogP contribution in [0.3, 0.4) is 0 Å². The minimum atomic E-state index is -1.12. The molecule has 0 radical (unpaired) electrons. The van der Waals surface area contributed by atoms with Gasteiger partial charge in [0.15, 0.2) is 0 Å². The Morgan fingerprint density at radius 3 is 1.47 bits per heavy atom. The fourth-order valence-electron chi connectivity index (χ4n) is 6.20. The summed E-state index contributed by atoms with van der Waals surface area (Å²) in [6.45, 7) is 0. The van der Waals surface area contributed by atoms with E-state index in [4.69, 9.17) is 27.7 Å². The minimum Gasteiger partial charge on any atom is -0.456 e. The fraction of sp³-hybridized carbons (Fsp3) is 0. The first-order valence-corrected chi connectivity index (χ1v) is 15.2. The molecule has 1 nitrogen and oxygen atoms in total. The molecule has 0 fully saturated rings. The summed E-state index contributed by atoms with van der Waals surface area (Å²) < 4.78 is 278. The Morgan fingerprint density at radius 1 is 0.275 bits per heavy atom. The van der Waals surface area contributed by atoms with E-state index in [1.807, 2.05) is 0 Å². The van der Waals surface area contributed by atoms with Gasteiger partial charge >= 0.3 is 0 Å². The van der Waals surface area contributed by atoms with Crippen LogP contribution in [0, 0.1) is 0 Å². The monoisotopic (exact) mass is 676 g/mol. The second kappa shape index (κ2) is 10.9. The van der Waals surface area contributed by atoms with Crippen molar-refractivity contribution in [3.05, 3.63) is 181 Å². The summed E-state index contributed by atoms with van der Waals surface area (Å²) in [5, 5.41) is -7.21. The van der Waals surface area contributed by atoms with Gasteiger partial charge in [0.25, 0.3) is 0 Å². The summed E-state index contributed by atoms with van der Waals surface area (Å²) in [6, 6.07) is -27.5. The number of benzene rings is 10. The summed E-state index contributed by atoms with van der Waals surface area (Å²) in [6.07, 6.45) is 0. The molecular weight excluding hydrogens is 617 g/mol. The van der Waals surface area contributed by atoms with Crippen LogP contribution in [0.15, 0.2) is 186 Å². The van der Waals surface area contributed by atoms with Gasteiger partial charge in [-0.15, -0.1) is 0 Å². The van der Waals surface area contributed by atoms with Crippen molar-refractivity contribution >= 4 is 75.8 Å². The van der Waals surface area contributed by atoms with Gasteiger partial charge in [0.05, 0.1) is 41.1 Å². The second-order valence-electron chi connectivity index (χ2n) is 11.3. The van der Waals surface area contributed by atoms with Crippen LogP contribution >= 0.6 is 0 Å². The first-order chi connectivity index (χ1) is 37.8. The van der Waals surface area contributed by atoms with Gasteiger partial charge < -0.3 is 4.42 Å². The summed E-state index contributed by atoms with van der Waals surface area (Å²) in [5.41, 5.74) is -6.01. The lowest BCUT2D eigenvalue weighted by Crippen LogP contribution is -1.91. The minimum absolute atomic E-state index is 0.433. The van der Waals surface area contributed by atoms with Gasteiger partial charge in [-0.25, -0.2) is 0 Å². The average molecular weight is 677 g/mol. The predicted molar refractivity (Wildman–Crippen MR) is 218 cm³/mol. The Labute approximate surface area is 336 Å². The van der Waals surface area contributed by atoms with Crippen molar-refractivity contribution in [3.63, 3.8) is 0 Å². The zero-order valence-corrected chi connectivity index (χ0v) is 25.4. The summed E-state index contributed by atoms with van der Waals surface area (Å²) in [4.78, 5) is 0. The SMILES string of the molecule is [2H]c1c([2H])c(-c2c3c([2H])c([2H])c([2H])c([2H])c3c(-c3c([2H])c([2H])c4c(c3[2H])c([2H])c([2H])c3c([2H])c([2H])c([2H])c([2H])c34)c3c([2H])c([2H])c([2H])c([2H])c23)c([2H])c([2H])c1-c1c([2H])c([2H])c2oc3c([2H])c4c([2H])c([2H])c([2H])c([2H])c4c([2H])c3c2c1[2H]. The summed E-state index contributed by atoms with van der Waals surface area (Å²) in [7, 11) is 0. The molecule has 1 heteroatoms. The van der Waals surface area contributed by atoms with Crippen LogP contribution in [0.4, 0.5) is 0 Å². The number of hydrogen-bond donors (Lipinski definition) is 0. The maximum Gasteiger partial charge on any atom is 0.136 e. The molecule has 0 amide bonds. The van der Waals surface area contributed by atoms with Crippen molar-refractivity contribution in [1.82, 2.24) is 0 Å². The summed E-state index contributed by atoms with van der Waals surface area (Å²) >= 11 is 0. The van der Waals surface area contributed by atoms with E-state index in [9.17, 15) is 17.8 Å². The Bertz CT molecular complexity index is 4820. The normalized spacial score (nSPS) is 20.2. The van der Waals surface area contributed by atoms with E-state index in [0.717, 1.165) is 0 Å². The van der Waals surface area contributed by atoms with Crippen LogP contribution in [-0.4, -0.2) is 0 Å². The highest BCUT2D eigenvalue weighted by Crippen LogP contribution is 2.45. The van der Waals surface area contributed by atoms with Crippen molar-refractivity contribution in [2.75, 3.05) is 0 Å². The van der Waals surface area contributed by atoms with Crippen molar-refractivity contribution in [2.24, 2.45) is 0 Å². The van der Waals surface area contributed by atoms with Gasteiger partial charge in [0, 0.05) is 10.8 Å². The fourth-order valence-corrected chi connectivity index (χ4v) is 6.20. The molecule has 10 aromatic carbocycles. The van der Waals surface area contributed by atoms with Crippen LogP contribution in [0.1, 0.15) is 41.1 Å². The molecule has 0 unspecified atom stereocenters. The highest BCUT2D eigenvalue weighted by Gasteiger charge is 2.17. The maximum absolute atomic E-state index is 9.72. The lowest BCUT2D eigenvalue weighted by atomic mass is 9.85. The predicted octanol–water partition coefficient (Wildman–Crippen LogP) is 14.4. The van der Waals surface area contributed by atoms with E-state index in [2.05, 4.69) is 0 Å². The molecule has 11 rings (SSSR count). The molecule has 0 aliphatic rings. The molecule has 0 aliphatic heterocycles. The van der Waals surface area contributed by atoms with Gasteiger partial charge in [-0.3, -0.25) is 0 Å². The molecule has 0 atom stereocenters. The molecule has 11 aromatic rings. The third kappa shape index (κ3) is 4.35. The first kappa shape index (κ1) is 11.7. The third-order valence-electron chi connectivity index (χ3n) is 8.45.